The third-order valence-electron chi connectivity index (χ3n) is 7.16. The fourth-order valence-electron chi connectivity index (χ4n) is 3.96. The van der Waals surface area contributed by atoms with Gasteiger partial charge >= 0.3 is 5.97 Å². The van der Waals surface area contributed by atoms with Gasteiger partial charge in [-0.1, -0.05) is 71.3 Å². The molecule has 0 bridgehead atoms. The third kappa shape index (κ3) is 10.3. The number of Topliss-reactive ketones (excluding diaryl/α,β-unsaturated/α-hetero) is 1. The maximum absolute atomic E-state index is 13.0. The lowest BCUT2D eigenvalue weighted by Gasteiger charge is -2.39. The number of aliphatic hydroxyl groups is 1. The summed E-state index contributed by atoms with van der Waals surface area (Å²) in [6.07, 6.45) is 14.5. The largest absolute Gasteiger partial charge is 0.469 e. The molecule has 1 rings (SSSR count). The van der Waals surface area contributed by atoms with Crippen molar-refractivity contribution in [3.05, 3.63) is 24.3 Å². The minimum Gasteiger partial charge on any atom is -0.469 e. The summed E-state index contributed by atoms with van der Waals surface area (Å²) in [7, 11) is -0.623. The summed E-state index contributed by atoms with van der Waals surface area (Å²) in [6, 6.07) is 0. The van der Waals surface area contributed by atoms with Crippen LogP contribution in [0.5, 0.6) is 0 Å². The molecular formula is C27H48O5Si. The molecule has 5 nitrogen and oxygen atoms in total. The number of rotatable bonds is 14. The van der Waals surface area contributed by atoms with E-state index in [-0.39, 0.29) is 34.7 Å². The zero-order valence-corrected chi connectivity index (χ0v) is 23.1. The predicted molar refractivity (Wildman–Crippen MR) is 138 cm³/mol. The van der Waals surface area contributed by atoms with E-state index in [1.165, 1.54) is 7.11 Å². The second kappa shape index (κ2) is 14.2. The molecule has 0 heterocycles. The van der Waals surface area contributed by atoms with Gasteiger partial charge in [-0.05, 0) is 43.8 Å². The number of esters is 1. The molecule has 0 aromatic heterocycles. The Morgan fingerprint density at radius 1 is 1.21 bits per heavy atom. The molecule has 0 amide bonds. The van der Waals surface area contributed by atoms with E-state index in [1.807, 2.05) is 6.08 Å². The SMILES string of the molecule is CCCCCC(O)C=C[C@H]1C(O[Si](C)(C)C(C)(C)C)CC(=O)[C@@H]1CC=CCCCC(=O)OC. The Bertz CT molecular complexity index is 662. The van der Waals surface area contributed by atoms with Crippen molar-refractivity contribution in [3.63, 3.8) is 0 Å². The monoisotopic (exact) mass is 480 g/mol. The molecule has 0 radical (unpaired) electrons. The second-order valence-electron chi connectivity index (χ2n) is 10.9. The summed E-state index contributed by atoms with van der Waals surface area (Å²) in [5.74, 6) is -0.0985. The third-order valence-corrected chi connectivity index (χ3v) is 11.7. The van der Waals surface area contributed by atoms with E-state index in [0.717, 1.165) is 38.5 Å². The molecule has 33 heavy (non-hydrogen) atoms. The fourth-order valence-corrected chi connectivity index (χ4v) is 5.32. The highest BCUT2D eigenvalue weighted by atomic mass is 28.4. The fraction of sp³-hybridized carbons (Fsp3) is 0.778. The smallest absolute Gasteiger partial charge is 0.305 e. The van der Waals surface area contributed by atoms with Gasteiger partial charge in [0.25, 0.3) is 0 Å². The van der Waals surface area contributed by atoms with Gasteiger partial charge in [0.05, 0.1) is 19.3 Å². The van der Waals surface area contributed by atoms with Crippen LogP contribution in [-0.2, 0) is 18.8 Å². The van der Waals surface area contributed by atoms with Gasteiger partial charge in [0.15, 0.2) is 8.32 Å². The summed E-state index contributed by atoms with van der Waals surface area (Å²) in [5, 5.41) is 10.5. The van der Waals surface area contributed by atoms with E-state index in [4.69, 9.17) is 4.43 Å². The average Bonchev–Trinajstić information content (AvgIpc) is 3.01. The summed E-state index contributed by atoms with van der Waals surface area (Å²) in [6.45, 7) is 13.3. The Morgan fingerprint density at radius 2 is 1.91 bits per heavy atom. The van der Waals surface area contributed by atoms with E-state index in [0.29, 0.717) is 19.3 Å². The van der Waals surface area contributed by atoms with Crippen LogP contribution in [0.15, 0.2) is 24.3 Å². The molecule has 0 spiro atoms. The number of carbonyl (C=O) groups is 2. The molecule has 1 aliphatic rings. The van der Waals surface area contributed by atoms with Crippen molar-refractivity contribution < 1.29 is 23.9 Å². The van der Waals surface area contributed by atoms with E-state index >= 15 is 0 Å². The molecule has 0 aliphatic heterocycles. The number of allylic oxidation sites excluding steroid dienone is 2. The number of hydrogen-bond donors (Lipinski definition) is 1. The van der Waals surface area contributed by atoms with Crippen LogP contribution in [0.4, 0.5) is 0 Å². The molecule has 2 unspecified atom stereocenters. The van der Waals surface area contributed by atoms with Gasteiger partial charge in [-0.3, -0.25) is 9.59 Å². The van der Waals surface area contributed by atoms with Gasteiger partial charge in [0.1, 0.15) is 5.78 Å². The molecule has 1 aliphatic carbocycles. The lowest BCUT2D eigenvalue weighted by Crippen LogP contribution is -2.45. The number of hydrogen-bond acceptors (Lipinski definition) is 5. The number of methoxy groups -OCH3 is 1. The number of aliphatic hydroxyl groups excluding tert-OH is 1. The van der Waals surface area contributed by atoms with Crippen molar-refractivity contribution in [1.29, 1.82) is 0 Å². The van der Waals surface area contributed by atoms with Crippen molar-refractivity contribution in [2.75, 3.05) is 7.11 Å². The molecule has 0 saturated heterocycles. The van der Waals surface area contributed by atoms with Gasteiger partial charge in [0.2, 0.25) is 0 Å². The van der Waals surface area contributed by atoms with Crippen molar-refractivity contribution in [3.8, 4) is 0 Å². The normalized spacial score (nSPS) is 23.0. The number of ketones is 1. The first kappa shape index (κ1) is 29.8. The first-order valence-electron chi connectivity index (χ1n) is 12.7. The molecule has 4 atom stereocenters. The summed E-state index contributed by atoms with van der Waals surface area (Å²) >= 11 is 0. The van der Waals surface area contributed by atoms with Gasteiger partial charge in [-0.15, -0.1) is 0 Å². The van der Waals surface area contributed by atoms with Gasteiger partial charge in [-0.25, -0.2) is 0 Å². The van der Waals surface area contributed by atoms with Crippen molar-refractivity contribution >= 4 is 20.1 Å². The Morgan fingerprint density at radius 3 is 2.52 bits per heavy atom. The molecule has 1 fully saturated rings. The van der Waals surface area contributed by atoms with E-state index in [2.05, 4.69) is 63.8 Å². The summed E-state index contributed by atoms with van der Waals surface area (Å²) in [4.78, 5) is 24.2. The predicted octanol–water partition coefficient (Wildman–Crippen LogP) is 6.37. The lowest BCUT2D eigenvalue weighted by atomic mass is 9.90. The number of carbonyl (C=O) groups excluding carboxylic acids is 2. The van der Waals surface area contributed by atoms with E-state index in [9.17, 15) is 14.7 Å². The van der Waals surface area contributed by atoms with Crippen LogP contribution in [0.3, 0.4) is 0 Å². The quantitative estimate of drug-likeness (QED) is 0.135. The minimum absolute atomic E-state index is 0.0211. The highest BCUT2D eigenvalue weighted by molar-refractivity contribution is 6.74. The maximum Gasteiger partial charge on any atom is 0.305 e. The van der Waals surface area contributed by atoms with Gasteiger partial charge in [-0.2, -0.15) is 0 Å². The van der Waals surface area contributed by atoms with Crippen molar-refractivity contribution in [1.82, 2.24) is 0 Å². The van der Waals surface area contributed by atoms with E-state index < -0.39 is 14.4 Å². The van der Waals surface area contributed by atoms with Crippen LogP contribution in [0.1, 0.15) is 85.5 Å². The van der Waals surface area contributed by atoms with Crippen LogP contribution in [0.2, 0.25) is 18.1 Å². The van der Waals surface area contributed by atoms with Crippen molar-refractivity contribution in [2.45, 2.75) is 116 Å². The summed E-state index contributed by atoms with van der Waals surface area (Å²) < 4.78 is 11.4. The van der Waals surface area contributed by atoms with Crippen LogP contribution >= 0.6 is 0 Å². The second-order valence-corrected chi connectivity index (χ2v) is 15.7. The standard InChI is InChI=1S/C27H48O5Si/c1-8-9-12-15-21(28)18-19-23-22(16-13-10-11-14-17-26(30)31-5)24(29)20-25(23)32-33(6,7)27(2,3)4/h10,13,18-19,21-23,25,28H,8-9,11-12,14-17,20H2,1-7H3/t21?,22-,23-,25?/m1/s1. The Balaban J connectivity index is 2.88. The molecule has 1 saturated carbocycles. The minimum atomic E-state index is -2.03. The molecule has 0 aromatic carbocycles. The molecular weight excluding hydrogens is 432 g/mol. The Labute approximate surface area is 203 Å². The Hall–Kier alpha value is -1.24. The van der Waals surface area contributed by atoms with Crippen molar-refractivity contribution in [2.24, 2.45) is 11.8 Å². The molecule has 1 N–H and O–H groups in total. The van der Waals surface area contributed by atoms with Crippen LogP contribution in [-0.4, -0.2) is 44.5 Å². The number of unbranched alkanes of at least 4 members (excludes halogenated alkanes) is 3. The van der Waals surface area contributed by atoms with Gasteiger partial charge < -0.3 is 14.3 Å². The maximum atomic E-state index is 13.0. The molecule has 6 heteroatoms. The van der Waals surface area contributed by atoms with E-state index in [1.54, 1.807) is 0 Å². The Kier molecular flexibility index (Phi) is 12.8. The van der Waals surface area contributed by atoms with Crippen LogP contribution < -0.4 is 0 Å². The van der Waals surface area contributed by atoms with Gasteiger partial charge in [0, 0.05) is 24.7 Å². The summed E-state index contributed by atoms with van der Waals surface area (Å²) in [5.41, 5.74) is 0. The van der Waals surface area contributed by atoms with Crippen LogP contribution in [0, 0.1) is 11.8 Å². The average molecular weight is 481 g/mol. The molecule has 0 aromatic rings. The zero-order valence-electron chi connectivity index (χ0n) is 22.1. The first-order chi connectivity index (χ1) is 15.4. The lowest BCUT2D eigenvalue weighted by molar-refractivity contribution is -0.140. The zero-order chi connectivity index (χ0) is 25.1. The van der Waals surface area contributed by atoms with Crippen LogP contribution in [0.25, 0.3) is 0 Å². The topological polar surface area (TPSA) is 72.8 Å². The highest BCUT2D eigenvalue weighted by Gasteiger charge is 2.46. The molecule has 190 valence electrons. The first-order valence-corrected chi connectivity index (χ1v) is 15.6. The highest BCUT2D eigenvalue weighted by Crippen LogP contribution is 2.42. The number of ether oxygens (including phenoxy) is 1.